The molecule has 0 aliphatic heterocycles. The summed E-state index contributed by atoms with van der Waals surface area (Å²) in [5.74, 6) is 0.507. The Balaban J connectivity index is 2.57. The summed E-state index contributed by atoms with van der Waals surface area (Å²) in [6, 6.07) is 12.9. The second-order valence-corrected chi connectivity index (χ2v) is 9.77. The average molecular weight is 359 g/mol. The Morgan fingerprint density at radius 2 is 1.64 bits per heavy atom. The normalized spacial score (nSPS) is 12.1. The number of nitro groups is 1. The fourth-order valence-electron chi connectivity index (χ4n) is 2.38. The van der Waals surface area contributed by atoms with Gasteiger partial charge in [0.25, 0.3) is 5.69 Å². The largest absolute Gasteiger partial charge is 0.488 e. The summed E-state index contributed by atoms with van der Waals surface area (Å²) >= 11 is 1.74. The molecule has 0 atom stereocenters. The van der Waals surface area contributed by atoms with Gasteiger partial charge in [0, 0.05) is 15.7 Å². The van der Waals surface area contributed by atoms with Crippen molar-refractivity contribution in [3.63, 3.8) is 0 Å². The fraction of sp³-hybridized carbons (Fsp3) is 0.400. The number of thioether (sulfide) groups is 1. The minimum atomic E-state index is -0.424. The van der Waals surface area contributed by atoms with Crippen LogP contribution in [0.1, 0.15) is 41.5 Å². The SMILES string of the molecule is CC(C)(C)Oc1cc(-c2ccccc2SC(C)(C)C)cc([N+](=O)[O-])c1. The van der Waals surface area contributed by atoms with Crippen molar-refractivity contribution in [2.75, 3.05) is 0 Å². The molecule has 0 heterocycles. The standard InChI is InChI=1S/C20H25NO3S/c1-19(2,3)24-16-12-14(11-15(13-16)21(22)23)17-9-7-8-10-18(17)25-20(4,5)6/h7-13H,1-6H3. The van der Waals surface area contributed by atoms with Crippen LogP contribution in [0.4, 0.5) is 5.69 Å². The minimum Gasteiger partial charge on any atom is -0.488 e. The molecule has 4 nitrogen and oxygen atoms in total. The number of hydrogen-bond donors (Lipinski definition) is 0. The zero-order valence-electron chi connectivity index (χ0n) is 15.6. The lowest BCUT2D eigenvalue weighted by atomic mass is 10.0. The second kappa shape index (κ2) is 7.08. The molecule has 2 aromatic carbocycles. The van der Waals surface area contributed by atoms with Gasteiger partial charge in [-0.3, -0.25) is 10.1 Å². The van der Waals surface area contributed by atoms with Crippen LogP contribution in [-0.4, -0.2) is 15.3 Å². The molecule has 0 N–H and O–H groups in total. The molecule has 0 saturated heterocycles. The highest BCUT2D eigenvalue weighted by Gasteiger charge is 2.20. The van der Waals surface area contributed by atoms with E-state index in [2.05, 4.69) is 20.8 Å². The molecule has 0 bridgehead atoms. The maximum Gasteiger partial charge on any atom is 0.273 e. The predicted octanol–water partition coefficient (Wildman–Crippen LogP) is 6.33. The predicted molar refractivity (Wildman–Crippen MR) is 105 cm³/mol. The third-order valence-corrected chi connectivity index (χ3v) is 4.33. The molecule has 25 heavy (non-hydrogen) atoms. The molecule has 0 unspecified atom stereocenters. The van der Waals surface area contributed by atoms with E-state index in [1.165, 1.54) is 6.07 Å². The third kappa shape index (κ3) is 5.78. The number of rotatable bonds is 4. The lowest BCUT2D eigenvalue weighted by molar-refractivity contribution is -0.384. The Bertz CT molecular complexity index is 773. The number of non-ortho nitro benzene ring substituents is 1. The van der Waals surface area contributed by atoms with E-state index < -0.39 is 5.60 Å². The number of nitro benzene ring substituents is 1. The third-order valence-electron chi connectivity index (χ3n) is 3.14. The van der Waals surface area contributed by atoms with Gasteiger partial charge in [0.15, 0.2) is 0 Å². The molecule has 2 aromatic rings. The zero-order valence-corrected chi connectivity index (χ0v) is 16.4. The molecule has 0 amide bonds. The Morgan fingerprint density at radius 1 is 1.00 bits per heavy atom. The van der Waals surface area contributed by atoms with Crippen LogP contribution in [-0.2, 0) is 0 Å². The molecule has 0 aliphatic rings. The van der Waals surface area contributed by atoms with Crippen LogP contribution in [0.25, 0.3) is 11.1 Å². The monoisotopic (exact) mass is 359 g/mol. The molecule has 0 saturated carbocycles. The van der Waals surface area contributed by atoms with Gasteiger partial charge in [0.2, 0.25) is 0 Å². The van der Waals surface area contributed by atoms with E-state index in [0.29, 0.717) is 5.75 Å². The van der Waals surface area contributed by atoms with E-state index in [9.17, 15) is 10.1 Å². The Labute approximate surface area is 153 Å². The van der Waals surface area contributed by atoms with Gasteiger partial charge in [-0.05, 0) is 44.0 Å². The lowest BCUT2D eigenvalue weighted by Gasteiger charge is -2.22. The smallest absolute Gasteiger partial charge is 0.273 e. The van der Waals surface area contributed by atoms with Crippen LogP contribution in [0.3, 0.4) is 0 Å². The highest BCUT2D eigenvalue weighted by Crippen LogP contribution is 2.40. The van der Waals surface area contributed by atoms with Gasteiger partial charge in [-0.2, -0.15) is 0 Å². The zero-order chi connectivity index (χ0) is 18.8. The van der Waals surface area contributed by atoms with Gasteiger partial charge in [-0.15, -0.1) is 11.8 Å². The van der Waals surface area contributed by atoms with Gasteiger partial charge < -0.3 is 4.74 Å². The summed E-state index contributed by atoms with van der Waals surface area (Å²) in [7, 11) is 0. The van der Waals surface area contributed by atoms with E-state index in [-0.39, 0.29) is 15.4 Å². The van der Waals surface area contributed by atoms with Crippen molar-refractivity contribution in [1.29, 1.82) is 0 Å². The van der Waals surface area contributed by atoms with E-state index >= 15 is 0 Å². The Hall–Kier alpha value is -2.01. The maximum absolute atomic E-state index is 11.4. The first kappa shape index (κ1) is 19.3. The summed E-state index contributed by atoms with van der Waals surface area (Å²) < 4.78 is 5.93. The molecule has 134 valence electrons. The first-order chi connectivity index (χ1) is 11.4. The van der Waals surface area contributed by atoms with Crippen LogP contribution in [0.15, 0.2) is 47.4 Å². The van der Waals surface area contributed by atoms with Crippen molar-refractivity contribution in [3.8, 4) is 16.9 Å². The van der Waals surface area contributed by atoms with E-state index in [1.807, 2.05) is 51.1 Å². The van der Waals surface area contributed by atoms with Crippen LogP contribution in [0.5, 0.6) is 5.75 Å². The van der Waals surface area contributed by atoms with Crippen molar-refractivity contribution >= 4 is 17.4 Å². The summed E-state index contributed by atoms with van der Waals surface area (Å²) in [6.07, 6.45) is 0. The van der Waals surface area contributed by atoms with Gasteiger partial charge in [0.05, 0.1) is 11.0 Å². The van der Waals surface area contributed by atoms with Crippen LogP contribution < -0.4 is 4.74 Å². The summed E-state index contributed by atoms with van der Waals surface area (Å²) in [4.78, 5) is 12.1. The summed E-state index contributed by atoms with van der Waals surface area (Å²) in [6.45, 7) is 12.2. The first-order valence-electron chi connectivity index (χ1n) is 8.21. The molecule has 0 spiro atoms. The van der Waals surface area contributed by atoms with E-state index in [1.54, 1.807) is 17.8 Å². The van der Waals surface area contributed by atoms with Crippen molar-refractivity contribution in [2.45, 2.75) is 56.8 Å². The van der Waals surface area contributed by atoms with Crippen molar-refractivity contribution < 1.29 is 9.66 Å². The molecule has 2 rings (SSSR count). The molecule has 0 radical (unpaired) electrons. The number of hydrogen-bond acceptors (Lipinski definition) is 4. The molecule has 5 heteroatoms. The van der Waals surface area contributed by atoms with Gasteiger partial charge >= 0.3 is 0 Å². The minimum absolute atomic E-state index is 0.0345. The number of benzene rings is 2. The Morgan fingerprint density at radius 3 is 2.20 bits per heavy atom. The fourth-order valence-corrected chi connectivity index (χ4v) is 3.48. The van der Waals surface area contributed by atoms with E-state index in [4.69, 9.17) is 4.74 Å². The molecule has 0 fully saturated rings. The maximum atomic E-state index is 11.4. The summed E-state index contributed by atoms with van der Waals surface area (Å²) in [5.41, 5.74) is 1.38. The average Bonchev–Trinajstić information content (AvgIpc) is 2.43. The number of ether oxygens (including phenoxy) is 1. The second-order valence-electron chi connectivity index (χ2n) is 7.90. The van der Waals surface area contributed by atoms with Gasteiger partial charge in [-0.25, -0.2) is 0 Å². The quantitative estimate of drug-likeness (QED) is 0.363. The van der Waals surface area contributed by atoms with Crippen LogP contribution in [0, 0.1) is 10.1 Å². The van der Waals surface area contributed by atoms with Crippen LogP contribution in [0.2, 0.25) is 0 Å². The van der Waals surface area contributed by atoms with Crippen molar-refractivity contribution in [3.05, 3.63) is 52.6 Å². The summed E-state index contributed by atoms with van der Waals surface area (Å²) in [5, 5.41) is 11.4. The Kier molecular flexibility index (Phi) is 5.47. The van der Waals surface area contributed by atoms with Crippen molar-refractivity contribution in [2.24, 2.45) is 0 Å². The first-order valence-corrected chi connectivity index (χ1v) is 9.03. The van der Waals surface area contributed by atoms with Gasteiger partial charge in [0.1, 0.15) is 11.4 Å². The lowest BCUT2D eigenvalue weighted by Crippen LogP contribution is -2.23. The van der Waals surface area contributed by atoms with Crippen molar-refractivity contribution in [1.82, 2.24) is 0 Å². The number of nitrogens with zero attached hydrogens (tertiary/aromatic N) is 1. The van der Waals surface area contributed by atoms with Crippen LogP contribution >= 0.6 is 11.8 Å². The van der Waals surface area contributed by atoms with E-state index in [0.717, 1.165) is 16.0 Å². The highest BCUT2D eigenvalue weighted by molar-refractivity contribution is 8.00. The molecular formula is C20H25NO3S. The highest BCUT2D eigenvalue weighted by atomic mass is 32.2. The molecule has 0 aromatic heterocycles. The molecular weight excluding hydrogens is 334 g/mol. The van der Waals surface area contributed by atoms with Gasteiger partial charge in [-0.1, -0.05) is 39.0 Å². The topological polar surface area (TPSA) is 52.4 Å². The molecule has 0 aliphatic carbocycles.